The smallest absolute Gasteiger partial charge is 0.422 e. The summed E-state index contributed by atoms with van der Waals surface area (Å²) in [5.74, 6) is -2.01. The van der Waals surface area contributed by atoms with Crippen molar-refractivity contribution in [2.24, 2.45) is 0 Å². The van der Waals surface area contributed by atoms with E-state index >= 15 is 0 Å². The minimum Gasteiger partial charge on any atom is -0.480 e. The second kappa shape index (κ2) is 6.20. The van der Waals surface area contributed by atoms with Crippen LogP contribution in [-0.2, 0) is 4.79 Å². The standard InChI is InChI=1S/C13H13F3N2O4/c14-13(15,16)7-22-10-6-8(3-4-17-10)11(19)18-5-1-2-9(18)12(20)21/h3-4,6,9H,1-2,5,7H2,(H,20,21). The van der Waals surface area contributed by atoms with Crippen LogP contribution in [0.4, 0.5) is 13.2 Å². The molecule has 1 atom stereocenters. The van der Waals surface area contributed by atoms with Crippen molar-refractivity contribution in [1.29, 1.82) is 0 Å². The zero-order valence-electron chi connectivity index (χ0n) is 11.3. The maximum atomic E-state index is 12.3. The van der Waals surface area contributed by atoms with Gasteiger partial charge in [0, 0.05) is 24.4 Å². The molecule has 0 aliphatic carbocycles. The van der Waals surface area contributed by atoms with E-state index in [4.69, 9.17) is 5.11 Å². The highest BCUT2D eigenvalue weighted by Gasteiger charge is 2.34. The number of amides is 1. The van der Waals surface area contributed by atoms with Crippen LogP contribution in [0, 0.1) is 0 Å². The molecule has 22 heavy (non-hydrogen) atoms. The van der Waals surface area contributed by atoms with E-state index in [9.17, 15) is 22.8 Å². The molecule has 1 fully saturated rings. The van der Waals surface area contributed by atoms with E-state index in [1.54, 1.807) is 0 Å². The minimum atomic E-state index is -4.51. The van der Waals surface area contributed by atoms with E-state index in [-0.39, 0.29) is 18.0 Å². The van der Waals surface area contributed by atoms with Crippen LogP contribution < -0.4 is 4.74 Å². The van der Waals surface area contributed by atoms with Gasteiger partial charge in [-0.15, -0.1) is 0 Å². The van der Waals surface area contributed by atoms with Crippen molar-refractivity contribution in [2.45, 2.75) is 25.1 Å². The lowest BCUT2D eigenvalue weighted by Crippen LogP contribution is -2.40. The molecule has 2 heterocycles. The van der Waals surface area contributed by atoms with Crippen molar-refractivity contribution in [2.75, 3.05) is 13.2 Å². The fourth-order valence-corrected chi connectivity index (χ4v) is 2.21. The first kappa shape index (κ1) is 16.1. The van der Waals surface area contributed by atoms with Gasteiger partial charge in [0.05, 0.1) is 0 Å². The third-order valence-corrected chi connectivity index (χ3v) is 3.16. The van der Waals surface area contributed by atoms with E-state index in [1.165, 1.54) is 11.0 Å². The average Bonchev–Trinajstić information content (AvgIpc) is 2.93. The third kappa shape index (κ3) is 3.86. The summed E-state index contributed by atoms with van der Waals surface area (Å²) < 4.78 is 40.8. The number of carboxylic acids is 1. The van der Waals surface area contributed by atoms with Crippen LogP contribution >= 0.6 is 0 Å². The second-order valence-corrected chi connectivity index (χ2v) is 4.78. The van der Waals surface area contributed by atoms with Gasteiger partial charge in [-0.2, -0.15) is 13.2 Å². The Hall–Kier alpha value is -2.32. The topological polar surface area (TPSA) is 79.7 Å². The molecule has 0 radical (unpaired) electrons. The summed E-state index contributed by atoms with van der Waals surface area (Å²) in [5.41, 5.74) is 0.0420. The highest BCUT2D eigenvalue weighted by atomic mass is 19.4. The number of likely N-dealkylation sites (tertiary alicyclic amines) is 1. The summed E-state index contributed by atoms with van der Waals surface area (Å²) in [6.07, 6.45) is -2.45. The summed E-state index contributed by atoms with van der Waals surface area (Å²) >= 11 is 0. The van der Waals surface area contributed by atoms with Crippen molar-refractivity contribution in [1.82, 2.24) is 9.88 Å². The van der Waals surface area contributed by atoms with Gasteiger partial charge in [0.25, 0.3) is 5.91 Å². The maximum Gasteiger partial charge on any atom is 0.422 e. The summed E-state index contributed by atoms with van der Waals surface area (Å²) in [6, 6.07) is 1.46. The van der Waals surface area contributed by atoms with Crippen molar-refractivity contribution < 1.29 is 32.6 Å². The van der Waals surface area contributed by atoms with Crippen LogP contribution in [-0.4, -0.2) is 52.2 Å². The number of aromatic nitrogens is 1. The summed E-state index contributed by atoms with van der Waals surface area (Å²) in [5, 5.41) is 9.05. The molecular formula is C13H13F3N2O4. The maximum absolute atomic E-state index is 12.3. The Morgan fingerprint density at radius 2 is 2.18 bits per heavy atom. The van der Waals surface area contributed by atoms with E-state index < -0.39 is 30.7 Å². The van der Waals surface area contributed by atoms with Gasteiger partial charge in [-0.05, 0) is 18.9 Å². The van der Waals surface area contributed by atoms with E-state index in [1.807, 2.05) is 0 Å². The number of aliphatic carboxylic acids is 1. The van der Waals surface area contributed by atoms with Gasteiger partial charge in [0.2, 0.25) is 5.88 Å². The SMILES string of the molecule is O=C(O)C1CCCN1C(=O)c1ccnc(OCC(F)(F)F)c1. The molecule has 1 amide bonds. The van der Waals surface area contributed by atoms with Crippen LogP contribution in [0.1, 0.15) is 23.2 Å². The van der Waals surface area contributed by atoms with Crippen molar-refractivity contribution in [3.63, 3.8) is 0 Å². The Kier molecular flexibility index (Phi) is 4.53. The normalized spacial score (nSPS) is 18.3. The molecule has 1 aromatic rings. The number of rotatable bonds is 4. The fourth-order valence-electron chi connectivity index (χ4n) is 2.21. The van der Waals surface area contributed by atoms with Gasteiger partial charge in [-0.25, -0.2) is 9.78 Å². The van der Waals surface area contributed by atoms with E-state index in [2.05, 4.69) is 9.72 Å². The number of hydrogen-bond acceptors (Lipinski definition) is 4. The average molecular weight is 318 g/mol. The van der Waals surface area contributed by atoms with Crippen LogP contribution in [0.3, 0.4) is 0 Å². The molecule has 1 aliphatic rings. The lowest BCUT2D eigenvalue weighted by atomic mass is 10.2. The van der Waals surface area contributed by atoms with E-state index in [0.29, 0.717) is 12.8 Å². The summed E-state index contributed by atoms with van der Waals surface area (Å²) in [4.78, 5) is 28.1. The van der Waals surface area contributed by atoms with Crippen molar-refractivity contribution in [3.05, 3.63) is 23.9 Å². The molecular weight excluding hydrogens is 305 g/mol. The largest absolute Gasteiger partial charge is 0.480 e. The predicted molar refractivity (Wildman–Crippen MR) is 67.5 cm³/mol. The van der Waals surface area contributed by atoms with Gasteiger partial charge < -0.3 is 14.7 Å². The molecule has 1 aromatic heterocycles. The molecule has 2 rings (SSSR count). The monoisotopic (exact) mass is 318 g/mol. The zero-order valence-corrected chi connectivity index (χ0v) is 11.3. The van der Waals surface area contributed by atoms with Gasteiger partial charge >= 0.3 is 12.1 Å². The quantitative estimate of drug-likeness (QED) is 0.914. The number of pyridine rings is 1. The number of halogens is 3. The Bertz CT molecular complexity index is 577. The number of hydrogen-bond donors (Lipinski definition) is 1. The molecule has 9 heteroatoms. The summed E-state index contributed by atoms with van der Waals surface area (Å²) in [6.45, 7) is -1.23. The second-order valence-electron chi connectivity index (χ2n) is 4.78. The zero-order chi connectivity index (χ0) is 16.3. The van der Waals surface area contributed by atoms with Crippen LogP contribution in [0.15, 0.2) is 18.3 Å². The third-order valence-electron chi connectivity index (χ3n) is 3.16. The lowest BCUT2D eigenvalue weighted by Gasteiger charge is -2.21. The molecule has 0 saturated carbocycles. The molecule has 0 aromatic carbocycles. The molecule has 6 nitrogen and oxygen atoms in total. The fraction of sp³-hybridized carbons (Fsp3) is 0.462. The van der Waals surface area contributed by atoms with Gasteiger partial charge in [0.1, 0.15) is 6.04 Å². The highest BCUT2D eigenvalue weighted by molar-refractivity contribution is 5.97. The Morgan fingerprint density at radius 1 is 1.45 bits per heavy atom. The Morgan fingerprint density at radius 3 is 2.82 bits per heavy atom. The number of alkyl halides is 3. The number of nitrogens with zero attached hydrogens (tertiary/aromatic N) is 2. The highest BCUT2D eigenvalue weighted by Crippen LogP contribution is 2.22. The molecule has 1 saturated heterocycles. The lowest BCUT2D eigenvalue weighted by molar-refractivity contribution is -0.154. The van der Waals surface area contributed by atoms with E-state index in [0.717, 1.165) is 12.3 Å². The van der Waals surface area contributed by atoms with Gasteiger partial charge in [-0.3, -0.25) is 4.79 Å². The number of carbonyl (C=O) groups excluding carboxylic acids is 1. The van der Waals surface area contributed by atoms with Gasteiger partial charge in [0.15, 0.2) is 6.61 Å². The first-order chi connectivity index (χ1) is 10.3. The van der Waals surface area contributed by atoms with Gasteiger partial charge in [-0.1, -0.05) is 0 Å². The van der Waals surface area contributed by atoms with Crippen LogP contribution in [0.25, 0.3) is 0 Å². The molecule has 0 spiro atoms. The molecule has 120 valence electrons. The Balaban J connectivity index is 2.12. The predicted octanol–water partition coefficient (Wildman–Crippen LogP) is 1.71. The van der Waals surface area contributed by atoms with Crippen LogP contribution in [0.2, 0.25) is 0 Å². The molecule has 1 unspecified atom stereocenters. The first-order valence-electron chi connectivity index (χ1n) is 6.47. The summed E-state index contributed by atoms with van der Waals surface area (Å²) in [7, 11) is 0. The molecule has 1 aliphatic heterocycles. The first-order valence-corrected chi connectivity index (χ1v) is 6.47. The minimum absolute atomic E-state index is 0.0420. The number of carboxylic acid groups (broad SMARTS) is 1. The number of carbonyl (C=O) groups is 2. The van der Waals surface area contributed by atoms with Crippen molar-refractivity contribution >= 4 is 11.9 Å². The number of ether oxygens (including phenoxy) is 1. The van der Waals surface area contributed by atoms with Crippen LogP contribution in [0.5, 0.6) is 5.88 Å². The molecule has 1 N–H and O–H groups in total. The Labute approximate surface area is 123 Å². The molecule has 0 bridgehead atoms. The van der Waals surface area contributed by atoms with Crippen molar-refractivity contribution in [3.8, 4) is 5.88 Å².